The van der Waals surface area contributed by atoms with Gasteiger partial charge < -0.3 is 4.90 Å². The normalized spacial score (nSPS) is 21.1. The average Bonchev–Trinajstić information content (AvgIpc) is 2.64. The van der Waals surface area contributed by atoms with Crippen molar-refractivity contribution in [2.75, 3.05) is 12.3 Å². The highest BCUT2D eigenvalue weighted by Gasteiger charge is 2.28. The highest BCUT2D eigenvalue weighted by Crippen LogP contribution is 2.25. The predicted octanol–water partition coefficient (Wildman–Crippen LogP) is 2.30. The highest BCUT2D eigenvalue weighted by molar-refractivity contribution is 7.91. The number of rotatable bonds is 1. The Morgan fingerprint density at radius 3 is 2.71 bits per heavy atom. The maximum absolute atomic E-state index is 12.6. The number of nitrogens with zero attached hydrogens (tertiary/aromatic N) is 1. The van der Waals surface area contributed by atoms with E-state index in [1.807, 2.05) is 12.1 Å². The smallest absolute Gasteiger partial charge is 0.249 e. The minimum atomic E-state index is -3.29. The second-order valence-electron chi connectivity index (χ2n) is 5.63. The number of amides is 1. The summed E-state index contributed by atoms with van der Waals surface area (Å²) in [6, 6.07) is 6.99. The van der Waals surface area contributed by atoms with Crippen molar-refractivity contribution >= 4 is 15.7 Å². The summed E-state index contributed by atoms with van der Waals surface area (Å²) in [4.78, 5) is 14.6. The van der Waals surface area contributed by atoms with Crippen molar-refractivity contribution in [1.29, 1.82) is 0 Å². The summed E-state index contributed by atoms with van der Waals surface area (Å²) in [5.41, 5.74) is 1.57. The molecule has 21 heavy (non-hydrogen) atoms. The number of hydrogen-bond donors (Lipinski definition) is 0. The van der Waals surface area contributed by atoms with Gasteiger partial charge in [-0.25, -0.2) is 8.42 Å². The Balaban J connectivity index is 1.91. The lowest BCUT2D eigenvalue weighted by molar-refractivity contribution is -0.127. The van der Waals surface area contributed by atoms with E-state index in [2.05, 4.69) is 0 Å². The van der Waals surface area contributed by atoms with E-state index >= 15 is 0 Å². The number of fused-ring (bicyclic) bond motifs is 1. The number of hydrogen-bond acceptors (Lipinski definition) is 3. The summed E-state index contributed by atoms with van der Waals surface area (Å²) >= 11 is 0. The fourth-order valence-corrected chi connectivity index (χ4v) is 4.47. The molecule has 1 aromatic rings. The summed E-state index contributed by atoms with van der Waals surface area (Å²) in [7, 11) is -3.29. The van der Waals surface area contributed by atoms with Crippen LogP contribution in [0.25, 0.3) is 0 Å². The van der Waals surface area contributed by atoms with Crippen LogP contribution in [0.1, 0.15) is 31.2 Å². The minimum Gasteiger partial charge on any atom is -0.334 e. The van der Waals surface area contributed by atoms with E-state index in [1.165, 1.54) is 0 Å². The molecule has 1 aliphatic heterocycles. The summed E-state index contributed by atoms with van der Waals surface area (Å²) in [5.74, 6) is 0.00449. The quantitative estimate of drug-likeness (QED) is 0.800. The molecule has 1 heterocycles. The van der Waals surface area contributed by atoms with Crippen LogP contribution in [0.2, 0.25) is 0 Å². The second kappa shape index (κ2) is 5.64. The number of sulfone groups is 1. The molecule has 0 radical (unpaired) electrons. The summed E-state index contributed by atoms with van der Waals surface area (Å²) in [6.45, 7) is 0.652. The molecule has 0 fully saturated rings. The van der Waals surface area contributed by atoms with Gasteiger partial charge in [0.05, 0.1) is 10.6 Å². The molecule has 0 N–H and O–H groups in total. The van der Waals surface area contributed by atoms with Crippen LogP contribution in [0.3, 0.4) is 0 Å². The average molecular weight is 305 g/mol. The van der Waals surface area contributed by atoms with Gasteiger partial charge in [0, 0.05) is 18.7 Å². The van der Waals surface area contributed by atoms with Gasteiger partial charge in [0.2, 0.25) is 5.91 Å². The van der Waals surface area contributed by atoms with E-state index in [1.54, 1.807) is 23.1 Å². The molecule has 3 rings (SSSR count). The van der Waals surface area contributed by atoms with Crippen molar-refractivity contribution in [3.63, 3.8) is 0 Å². The van der Waals surface area contributed by atoms with Crippen molar-refractivity contribution < 1.29 is 13.2 Å². The topological polar surface area (TPSA) is 54.5 Å². The van der Waals surface area contributed by atoms with Gasteiger partial charge in [-0.3, -0.25) is 4.79 Å². The third kappa shape index (κ3) is 2.88. The zero-order chi connectivity index (χ0) is 14.9. The number of carbonyl (C=O) groups excluding carboxylic acids is 1. The molecule has 0 spiro atoms. The molecule has 0 saturated heterocycles. The van der Waals surface area contributed by atoms with Gasteiger partial charge in [-0.2, -0.15) is 0 Å². The predicted molar refractivity (Wildman–Crippen MR) is 80.5 cm³/mol. The third-order valence-corrected chi connectivity index (χ3v) is 5.94. The van der Waals surface area contributed by atoms with Crippen LogP contribution < -0.4 is 0 Å². The summed E-state index contributed by atoms with van der Waals surface area (Å²) in [5, 5.41) is 0. The van der Waals surface area contributed by atoms with E-state index in [0.29, 0.717) is 11.4 Å². The molecular weight excluding hydrogens is 286 g/mol. The van der Waals surface area contributed by atoms with Crippen LogP contribution in [0.4, 0.5) is 0 Å². The summed E-state index contributed by atoms with van der Waals surface area (Å²) < 4.78 is 24.6. The monoisotopic (exact) mass is 305 g/mol. The van der Waals surface area contributed by atoms with Gasteiger partial charge in [-0.15, -0.1) is 0 Å². The van der Waals surface area contributed by atoms with Gasteiger partial charge >= 0.3 is 0 Å². The fourth-order valence-electron chi connectivity index (χ4n) is 2.97. The first-order chi connectivity index (χ1) is 10.1. The summed E-state index contributed by atoms with van der Waals surface area (Å²) in [6.07, 6.45) is 5.94. The van der Waals surface area contributed by atoms with Crippen molar-refractivity contribution in [3.05, 3.63) is 41.5 Å². The van der Waals surface area contributed by atoms with Crippen molar-refractivity contribution in [2.45, 2.75) is 37.1 Å². The molecular formula is C16H19NO3S. The van der Waals surface area contributed by atoms with E-state index in [0.717, 1.165) is 36.8 Å². The van der Waals surface area contributed by atoms with Gasteiger partial charge in [-0.05, 0) is 37.3 Å². The van der Waals surface area contributed by atoms with Crippen LogP contribution in [0.5, 0.6) is 0 Å². The molecule has 0 atom stereocenters. The van der Waals surface area contributed by atoms with Crippen molar-refractivity contribution in [2.24, 2.45) is 0 Å². The van der Waals surface area contributed by atoms with Crippen LogP contribution in [0, 0.1) is 0 Å². The van der Waals surface area contributed by atoms with Crippen molar-refractivity contribution in [1.82, 2.24) is 4.90 Å². The van der Waals surface area contributed by atoms with Gasteiger partial charge in [0.15, 0.2) is 9.84 Å². The second-order valence-corrected chi connectivity index (χ2v) is 7.71. The number of allylic oxidation sites excluding steroid dienone is 1. The largest absolute Gasteiger partial charge is 0.334 e. The molecule has 0 aromatic heterocycles. The lowest BCUT2D eigenvalue weighted by Crippen LogP contribution is -2.34. The Bertz CT molecular complexity index is 691. The van der Waals surface area contributed by atoms with Gasteiger partial charge in [0.1, 0.15) is 0 Å². The maximum atomic E-state index is 12.6. The molecule has 1 aromatic carbocycles. The van der Waals surface area contributed by atoms with Crippen LogP contribution in [-0.2, 0) is 21.2 Å². The van der Waals surface area contributed by atoms with E-state index in [4.69, 9.17) is 0 Å². The van der Waals surface area contributed by atoms with Gasteiger partial charge in [-0.1, -0.05) is 24.3 Å². The molecule has 2 aliphatic rings. The Labute approximate surface area is 125 Å². The molecule has 0 bridgehead atoms. The zero-order valence-corrected chi connectivity index (χ0v) is 12.7. The van der Waals surface area contributed by atoms with E-state index in [9.17, 15) is 13.2 Å². The molecule has 112 valence electrons. The number of benzene rings is 1. The van der Waals surface area contributed by atoms with Crippen LogP contribution >= 0.6 is 0 Å². The Kier molecular flexibility index (Phi) is 3.85. The van der Waals surface area contributed by atoms with Crippen LogP contribution in [0.15, 0.2) is 40.8 Å². The Morgan fingerprint density at radius 1 is 1.14 bits per heavy atom. The van der Waals surface area contributed by atoms with E-state index in [-0.39, 0.29) is 18.2 Å². The third-order valence-electron chi connectivity index (χ3n) is 4.15. The SMILES string of the molecule is O=C(C1=CCCCC1)N1CCS(=O)(=O)c2ccccc2C1. The van der Waals surface area contributed by atoms with Crippen LogP contribution in [-0.4, -0.2) is 31.5 Å². The fraction of sp³-hybridized carbons (Fsp3) is 0.438. The number of carbonyl (C=O) groups is 1. The Morgan fingerprint density at radius 2 is 1.95 bits per heavy atom. The Hall–Kier alpha value is -1.62. The molecule has 1 amide bonds. The minimum absolute atomic E-state index is 0.00148. The van der Waals surface area contributed by atoms with Gasteiger partial charge in [0.25, 0.3) is 0 Å². The first-order valence-electron chi connectivity index (χ1n) is 7.37. The first kappa shape index (κ1) is 14.3. The molecule has 0 saturated carbocycles. The molecule has 0 unspecified atom stereocenters. The molecule has 4 nitrogen and oxygen atoms in total. The lowest BCUT2D eigenvalue weighted by Gasteiger charge is -2.23. The zero-order valence-electron chi connectivity index (χ0n) is 11.9. The standard InChI is InChI=1S/C16H19NO3S/c18-16(13-6-2-1-3-7-13)17-10-11-21(19,20)15-9-5-4-8-14(15)12-17/h4-6,8-9H,1-3,7,10-12H2. The van der Waals surface area contributed by atoms with E-state index < -0.39 is 9.84 Å². The van der Waals surface area contributed by atoms with Crippen molar-refractivity contribution in [3.8, 4) is 0 Å². The lowest BCUT2D eigenvalue weighted by atomic mass is 9.98. The first-order valence-corrected chi connectivity index (χ1v) is 9.02. The maximum Gasteiger partial charge on any atom is 0.249 e. The molecule has 1 aliphatic carbocycles. The highest BCUT2D eigenvalue weighted by atomic mass is 32.2. The molecule has 5 heteroatoms.